The monoisotopic (exact) mass is 368 g/mol. The Morgan fingerprint density at radius 3 is 2.64 bits per heavy atom. The van der Waals surface area contributed by atoms with Crippen LogP contribution in [0, 0.1) is 11.6 Å². The first-order valence-electron chi connectivity index (χ1n) is 7.36. The Labute approximate surface area is 146 Å². The quantitative estimate of drug-likeness (QED) is 0.759. The Kier molecular flexibility index (Phi) is 4.04. The Bertz CT molecular complexity index is 814. The van der Waals surface area contributed by atoms with Crippen molar-refractivity contribution in [2.75, 3.05) is 5.32 Å². The summed E-state index contributed by atoms with van der Waals surface area (Å²) >= 11 is 5.01. The summed E-state index contributed by atoms with van der Waals surface area (Å²) in [5.74, 6) is -3.68. The highest BCUT2D eigenvalue weighted by Crippen LogP contribution is 2.33. The number of fused-ring (bicyclic) bond motifs is 1. The predicted molar refractivity (Wildman–Crippen MR) is 86.9 cm³/mol. The average molecular weight is 368 g/mol. The number of carbonyl (C=O) groups is 3. The van der Waals surface area contributed by atoms with E-state index in [1.807, 2.05) is 0 Å². The van der Waals surface area contributed by atoms with Crippen molar-refractivity contribution in [3.63, 3.8) is 0 Å². The van der Waals surface area contributed by atoms with E-state index in [1.165, 1.54) is 11.1 Å². The van der Waals surface area contributed by atoms with Gasteiger partial charge in [0.1, 0.15) is 11.6 Å². The number of hydrogen-bond donors (Lipinski definition) is 2. The van der Waals surface area contributed by atoms with Gasteiger partial charge < -0.3 is 5.32 Å². The zero-order chi connectivity index (χ0) is 18.5. The maximum absolute atomic E-state index is 13.3. The molecule has 3 amide bonds. The molecule has 10 heteroatoms. The number of hydrogen-bond acceptors (Lipinski definition) is 5. The topological polar surface area (TPSA) is 81.8 Å². The average Bonchev–Trinajstić information content (AvgIpc) is 2.88. The highest BCUT2D eigenvalue weighted by Gasteiger charge is 2.56. The largest absolute Gasteiger partial charge is 0.325 e. The summed E-state index contributed by atoms with van der Waals surface area (Å²) in [6, 6.07) is 1.90. The van der Waals surface area contributed by atoms with Crippen LogP contribution in [-0.4, -0.2) is 44.4 Å². The number of anilines is 1. The van der Waals surface area contributed by atoms with Crippen LogP contribution in [0.1, 0.15) is 20.3 Å². The molecule has 2 aliphatic heterocycles. The van der Waals surface area contributed by atoms with Crippen LogP contribution in [0.5, 0.6) is 0 Å². The summed E-state index contributed by atoms with van der Waals surface area (Å²) in [6.45, 7) is 3.10. The Balaban J connectivity index is 1.89. The number of nitrogens with zero attached hydrogens (tertiary/aromatic N) is 2. The van der Waals surface area contributed by atoms with Crippen molar-refractivity contribution in [2.24, 2.45) is 0 Å². The fourth-order valence-corrected chi connectivity index (χ4v) is 3.14. The summed E-state index contributed by atoms with van der Waals surface area (Å²) in [7, 11) is 0. The smallest absolute Gasteiger partial charge is 0.248 e. The maximum atomic E-state index is 13.3. The van der Waals surface area contributed by atoms with E-state index in [-0.39, 0.29) is 17.2 Å². The molecule has 1 aromatic carbocycles. The van der Waals surface area contributed by atoms with Crippen molar-refractivity contribution in [3.8, 4) is 0 Å². The molecule has 2 heterocycles. The van der Waals surface area contributed by atoms with Crippen LogP contribution in [0.4, 0.5) is 14.5 Å². The summed E-state index contributed by atoms with van der Waals surface area (Å²) in [5, 5.41) is 7.16. The van der Waals surface area contributed by atoms with Crippen LogP contribution < -0.4 is 10.6 Å². The van der Waals surface area contributed by atoms with Crippen molar-refractivity contribution in [2.45, 2.75) is 31.8 Å². The van der Waals surface area contributed by atoms with Crippen molar-refractivity contribution in [1.82, 2.24) is 15.3 Å². The lowest BCUT2D eigenvalue weighted by atomic mass is 10.00. The number of halogens is 2. The molecule has 3 rings (SSSR count). The number of rotatable bonds is 2. The molecular weight excluding hydrogens is 354 g/mol. The summed E-state index contributed by atoms with van der Waals surface area (Å²) < 4.78 is 26.3. The molecule has 0 radical (unpaired) electrons. The van der Waals surface area contributed by atoms with Gasteiger partial charge in [-0.1, -0.05) is 0 Å². The van der Waals surface area contributed by atoms with Crippen LogP contribution in [-0.2, 0) is 14.4 Å². The van der Waals surface area contributed by atoms with Crippen LogP contribution >= 0.6 is 12.2 Å². The predicted octanol–water partition coefficient (Wildman–Crippen LogP) is 0.914. The summed E-state index contributed by atoms with van der Waals surface area (Å²) in [4.78, 5) is 37.0. The lowest BCUT2D eigenvalue weighted by Crippen LogP contribution is -2.71. The molecule has 0 unspecified atom stereocenters. The molecule has 0 saturated carbocycles. The first-order chi connectivity index (χ1) is 11.6. The molecule has 0 spiro atoms. The van der Waals surface area contributed by atoms with Crippen molar-refractivity contribution >= 4 is 40.7 Å². The molecule has 1 atom stereocenters. The first-order valence-corrected chi connectivity index (χ1v) is 7.77. The zero-order valence-electron chi connectivity index (χ0n) is 13.3. The van der Waals surface area contributed by atoms with Gasteiger partial charge in [0, 0.05) is 11.8 Å². The molecule has 0 bridgehead atoms. The SMILES string of the molecule is CC1(C)C(=O)NC(=S)N2C(=O)C[C@H](C(=O)Nc3ccc(F)c(F)c3)N21. The Morgan fingerprint density at radius 1 is 1.32 bits per heavy atom. The lowest BCUT2D eigenvalue weighted by Gasteiger charge is -2.45. The third-order valence-corrected chi connectivity index (χ3v) is 4.42. The first kappa shape index (κ1) is 17.4. The second kappa shape index (κ2) is 5.81. The minimum atomic E-state index is -1.20. The van der Waals surface area contributed by atoms with Crippen molar-refractivity contribution in [3.05, 3.63) is 29.8 Å². The number of amides is 3. The lowest BCUT2D eigenvalue weighted by molar-refractivity contribution is -0.154. The molecule has 0 aromatic heterocycles. The molecule has 0 aliphatic carbocycles. The van der Waals surface area contributed by atoms with Gasteiger partial charge in [0.15, 0.2) is 16.7 Å². The third kappa shape index (κ3) is 2.76. The molecule has 7 nitrogen and oxygen atoms in total. The standard InChI is InChI=1S/C15H14F2N4O3S/c1-15(2)13(24)19-14(25)20-11(22)6-10(21(15)20)12(23)18-7-3-4-8(16)9(17)5-7/h3-5,10H,6H2,1-2H3,(H,18,23)(H,19,24,25)/t10-/m1/s1. The summed E-state index contributed by atoms with van der Waals surface area (Å²) in [5.41, 5.74) is -1.17. The highest BCUT2D eigenvalue weighted by atomic mass is 32.1. The van der Waals surface area contributed by atoms with Crippen LogP contribution in [0.15, 0.2) is 18.2 Å². The fourth-order valence-electron chi connectivity index (χ4n) is 2.86. The number of nitrogens with one attached hydrogen (secondary N) is 2. The van der Waals surface area contributed by atoms with Crippen molar-refractivity contribution < 1.29 is 23.2 Å². The second-order valence-corrected chi connectivity index (χ2v) is 6.59. The van der Waals surface area contributed by atoms with Gasteiger partial charge in [-0.15, -0.1) is 0 Å². The van der Waals surface area contributed by atoms with E-state index in [0.29, 0.717) is 0 Å². The van der Waals surface area contributed by atoms with E-state index in [1.54, 1.807) is 13.8 Å². The van der Waals surface area contributed by atoms with E-state index in [0.717, 1.165) is 17.1 Å². The van der Waals surface area contributed by atoms with E-state index in [4.69, 9.17) is 12.2 Å². The van der Waals surface area contributed by atoms with Gasteiger partial charge in [0.25, 0.3) is 0 Å². The Hall–Kier alpha value is -2.46. The highest BCUT2D eigenvalue weighted by molar-refractivity contribution is 7.80. The Morgan fingerprint density at radius 2 is 2.00 bits per heavy atom. The molecule has 2 saturated heterocycles. The molecule has 2 aliphatic rings. The van der Waals surface area contributed by atoms with E-state index >= 15 is 0 Å². The van der Waals surface area contributed by atoms with Crippen LogP contribution in [0.25, 0.3) is 0 Å². The zero-order valence-corrected chi connectivity index (χ0v) is 14.1. The maximum Gasteiger partial charge on any atom is 0.248 e. The van der Waals surface area contributed by atoms with Gasteiger partial charge >= 0.3 is 0 Å². The van der Waals surface area contributed by atoms with Gasteiger partial charge in [-0.2, -0.15) is 5.01 Å². The molecular formula is C15H14F2N4O3S. The van der Waals surface area contributed by atoms with Gasteiger partial charge in [-0.05, 0) is 38.2 Å². The second-order valence-electron chi connectivity index (χ2n) is 6.21. The number of thiocarbonyl (C=S) groups is 1. The van der Waals surface area contributed by atoms with Gasteiger partial charge in [-0.3, -0.25) is 19.7 Å². The molecule has 25 heavy (non-hydrogen) atoms. The normalized spacial score (nSPS) is 22.6. The minimum Gasteiger partial charge on any atom is -0.325 e. The third-order valence-electron chi connectivity index (χ3n) is 4.15. The van der Waals surface area contributed by atoms with Crippen LogP contribution in [0.2, 0.25) is 0 Å². The molecule has 1 aromatic rings. The molecule has 2 fully saturated rings. The van der Waals surface area contributed by atoms with Crippen molar-refractivity contribution in [1.29, 1.82) is 0 Å². The van der Waals surface area contributed by atoms with Gasteiger partial charge in [0.2, 0.25) is 17.7 Å². The van der Waals surface area contributed by atoms with Gasteiger partial charge in [0.05, 0.1) is 6.42 Å². The number of hydrazine groups is 1. The fraction of sp³-hybridized carbons (Fsp3) is 0.333. The van der Waals surface area contributed by atoms with E-state index in [9.17, 15) is 23.2 Å². The number of benzene rings is 1. The van der Waals surface area contributed by atoms with Crippen LogP contribution in [0.3, 0.4) is 0 Å². The molecule has 2 N–H and O–H groups in total. The van der Waals surface area contributed by atoms with E-state index in [2.05, 4.69) is 10.6 Å². The molecule has 132 valence electrons. The number of carbonyl (C=O) groups excluding carboxylic acids is 3. The van der Waals surface area contributed by atoms with Gasteiger partial charge in [-0.25, -0.2) is 13.8 Å². The van der Waals surface area contributed by atoms with E-state index < -0.39 is 40.9 Å². The summed E-state index contributed by atoms with van der Waals surface area (Å²) in [6.07, 6.45) is -0.200. The minimum absolute atomic E-state index is 0.0386.